The number of phenolic OH excluding ortho intramolecular Hbond substituents is 1. The first kappa shape index (κ1) is 18.4. The molecule has 1 saturated heterocycles. The van der Waals surface area contributed by atoms with E-state index in [4.69, 9.17) is 5.73 Å². The van der Waals surface area contributed by atoms with Gasteiger partial charge in [-0.3, -0.25) is 4.90 Å². The number of nitrogens with one attached hydrogen (secondary N) is 1. The van der Waals surface area contributed by atoms with Gasteiger partial charge in [-0.05, 0) is 44.4 Å². The summed E-state index contributed by atoms with van der Waals surface area (Å²) in [6.45, 7) is 6.63. The molecule has 4 N–H and O–H groups in total. The van der Waals surface area contributed by atoms with Gasteiger partial charge >= 0.3 is 0 Å². The third kappa shape index (κ3) is 3.84. The zero-order chi connectivity index (χ0) is 19.7. The van der Waals surface area contributed by atoms with E-state index >= 15 is 0 Å². The largest absolute Gasteiger partial charge is 0.508 e. The molecule has 0 atom stereocenters. The van der Waals surface area contributed by atoms with Crippen molar-refractivity contribution in [2.75, 3.05) is 24.1 Å². The Bertz CT molecular complexity index is 998. The summed E-state index contributed by atoms with van der Waals surface area (Å²) >= 11 is 0. The summed E-state index contributed by atoms with van der Waals surface area (Å²) in [6.07, 6.45) is 1.96. The Hall–Kier alpha value is -2.93. The van der Waals surface area contributed by atoms with E-state index in [0.29, 0.717) is 29.2 Å². The Kier molecular flexibility index (Phi) is 5.00. The fraction of sp³-hybridized carbons (Fsp3) is 0.381. The number of hydrogen-bond acceptors (Lipinski definition) is 7. The predicted molar refractivity (Wildman–Crippen MR) is 111 cm³/mol. The summed E-state index contributed by atoms with van der Waals surface area (Å²) in [5, 5.41) is 14.2. The number of benzene rings is 1. The molecule has 0 aliphatic carbocycles. The lowest BCUT2D eigenvalue weighted by atomic mass is 10.0. The number of nitrogens with zero attached hydrogens (tertiary/aromatic N) is 4. The lowest BCUT2D eigenvalue weighted by molar-refractivity contribution is 0.209. The van der Waals surface area contributed by atoms with Crippen LogP contribution in [0.4, 0.5) is 11.8 Å². The lowest BCUT2D eigenvalue weighted by Gasteiger charge is -2.32. The summed E-state index contributed by atoms with van der Waals surface area (Å²) in [7, 11) is 0. The zero-order valence-electron chi connectivity index (χ0n) is 16.3. The summed E-state index contributed by atoms with van der Waals surface area (Å²) in [6, 6.07) is 9.81. The highest BCUT2D eigenvalue weighted by atomic mass is 16.3. The molecular formula is C21H26N6O. The van der Waals surface area contributed by atoms with Crippen molar-refractivity contribution in [3.8, 4) is 5.75 Å². The summed E-state index contributed by atoms with van der Waals surface area (Å²) in [5.41, 5.74) is 9.75. The van der Waals surface area contributed by atoms with Crippen molar-refractivity contribution in [2.24, 2.45) is 0 Å². The van der Waals surface area contributed by atoms with Gasteiger partial charge in [0.2, 0.25) is 5.95 Å². The molecule has 0 bridgehead atoms. The Balaban J connectivity index is 1.42. The van der Waals surface area contributed by atoms with Crippen molar-refractivity contribution in [1.82, 2.24) is 19.9 Å². The highest BCUT2D eigenvalue weighted by Crippen LogP contribution is 2.25. The van der Waals surface area contributed by atoms with Crippen molar-refractivity contribution < 1.29 is 5.11 Å². The second kappa shape index (κ2) is 7.59. The number of para-hydroxylation sites is 1. The van der Waals surface area contributed by atoms with Crippen LogP contribution in [0.15, 0.2) is 30.3 Å². The van der Waals surface area contributed by atoms with Crippen LogP contribution < -0.4 is 11.1 Å². The number of fused-ring (bicyclic) bond motifs is 1. The maximum absolute atomic E-state index is 9.97. The van der Waals surface area contributed by atoms with Gasteiger partial charge in [-0.25, -0.2) is 4.98 Å². The summed E-state index contributed by atoms with van der Waals surface area (Å²) in [4.78, 5) is 15.9. The minimum atomic E-state index is 0.295. The van der Waals surface area contributed by atoms with Gasteiger partial charge in [0.15, 0.2) is 5.65 Å². The normalized spacial score (nSPS) is 15.8. The standard InChI is InChI=1S/C21H26N6O/c1-13-11-14(2)23-20-18(13)19(22)25-21(26-20)24-16-7-9-27(10-8-16)12-15-5-3-4-6-17(15)28/h3-6,11,16,28H,7-10,12H2,1-2H3,(H3,22,23,24,25,26). The molecule has 0 saturated carbocycles. The monoisotopic (exact) mass is 378 g/mol. The number of piperidine rings is 1. The SMILES string of the molecule is Cc1cc(C)c2c(N)nc(NC3CCN(Cc4ccccc4O)CC3)nc2n1. The maximum Gasteiger partial charge on any atom is 0.226 e. The molecule has 0 amide bonds. The Morgan fingerprint density at radius 3 is 2.64 bits per heavy atom. The van der Waals surface area contributed by atoms with Crippen LogP contribution in [-0.2, 0) is 6.54 Å². The first-order chi connectivity index (χ1) is 13.5. The van der Waals surface area contributed by atoms with E-state index in [2.05, 4.69) is 25.2 Å². The summed E-state index contributed by atoms with van der Waals surface area (Å²) in [5.74, 6) is 1.37. The van der Waals surface area contributed by atoms with Crippen LogP contribution in [0, 0.1) is 13.8 Å². The molecule has 1 fully saturated rings. The van der Waals surface area contributed by atoms with Crippen LogP contribution >= 0.6 is 0 Å². The van der Waals surface area contributed by atoms with Gasteiger partial charge in [0, 0.05) is 36.9 Å². The van der Waals surface area contributed by atoms with Crippen molar-refractivity contribution in [3.63, 3.8) is 0 Å². The minimum Gasteiger partial charge on any atom is -0.508 e. The van der Waals surface area contributed by atoms with E-state index in [9.17, 15) is 5.11 Å². The molecule has 7 nitrogen and oxygen atoms in total. The van der Waals surface area contributed by atoms with Crippen LogP contribution in [-0.4, -0.2) is 44.1 Å². The predicted octanol–water partition coefficient (Wildman–Crippen LogP) is 3.01. The quantitative estimate of drug-likeness (QED) is 0.641. The Morgan fingerprint density at radius 2 is 1.89 bits per heavy atom. The maximum atomic E-state index is 9.97. The number of aryl methyl sites for hydroxylation is 2. The highest BCUT2D eigenvalue weighted by molar-refractivity contribution is 5.89. The van der Waals surface area contributed by atoms with E-state index < -0.39 is 0 Å². The first-order valence-corrected chi connectivity index (χ1v) is 9.67. The topological polar surface area (TPSA) is 100 Å². The number of nitrogens with two attached hydrogens (primary N) is 1. The van der Waals surface area contributed by atoms with Crippen LogP contribution in [0.2, 0.25) is 0 Å². The molecule has 146 valence electrons. The fourth-order valence-corrected chi connectivity index (χ4v) is 3.88. The lowest BCUT2D eigenvalue weighted by Crippen LogP contribution is -2.39. The zero-order valence-corrected chi connectivity index (χ0v) is 16.3. The first-order valence-electron chi connectivity index (χ1n) is 9.67. The molecule has 0 unspecified atom stereocenters. The number of nitrogen functional groups attached to an aromatic ring is 1. The van der Waals surface area contributed by atoms with E-state index in [0.717, 1.165) is 54.7 Å². The van der Waals surface area contributed by atoms with Gasteiger partial charge < -0.3 is 16.2 Å². The average molecular weight is 378 g/mol. The average Bonchev–Trinajstić information content (AvgIpc) is 2.64. The van der Waals surface area contributed by atoms with Gasteiger partial charge in [-0.1, -0.05) is 18.2 Å². The minimum absolute atomic E-state index is 0.295. The fourth-order valence-electron chi connectivity index (χ4n) is 3.88. The molecule has 1 aliphatic rings. The van der Waals surface area contributed by atoms with Crippen molar-refractivity contribution >= 4 is 22.8 Å². The van der Waals surface area contributed by atoms with E-state index in [1.54, 1.807) is 6.07 Å². The van der Waals surface area contributed by atoms with Crippen LogP contribution in [0.1, 0.15) is 29.7 Å². The molecule has 1 aliphatic heterocycles. The number of hydrogen-bond donors (Lipinski definition) is 3. The van der Waals surface area contributed by atoms with E-state index in [-0.39, 0.29) is 0 Å². The van der Waals surface area contributed by atoms with Gasteiger partial charge in [0.1, 0.15) is 11.6 Å². The number of aromatic nitrogens is 3. The van der Waals surface area contributed by atoms with Gasteiger partial charge in [0.05, 0.1) is 5.39 Å². The number of likely N-dealkylation sites (tertiary alicyclic amines) is 1. The third-order valence-electron chi connectivity index (χ3n) is 5.33. The van der Waals surface area contributed by atoms with Crippen molar-refractivity contribution in [3.05, 3.63) is 47.2 Å². The molecule has 7 heteroatoms. The molecule has 4 rings (SSSR count). The van der Waals surface area contributed by atoms with Crippen LogP contribution in [0.25, 0.3) is 11.0 Å². The third-order valence-corrected chi connectivity index (χ3v) is 5.33. The smallest absolute Gasteiger partial charge is 0.226 e. The molecular weight excluding hydrogens is 352 g/mol. The van der Waals surface area contributed by atoms with Gasteiger partial charge in [-0.15, -0.1) is 0 Å². The van der Waals surface area contributed by atoms with Crippen molar-refractivity contribution in [1.29, 1.82) is 0 Å². The second-order valence-electron chi connectivity index (χ2n) is 7.54. The Morgan fingerprint density at radius 1 is 1.14 bits per heavy atom. The highest BCUT2D eigenvalue weighted by Gasteiger charge is 2.21. The molecule has 28 heavy (non-hydrogen) atoms. The molecule has 3 heterocycles. The summed E-state index contributed by atoms with van der Waals surface area (Å²) < 4.78 is 0. The molecule has 0 radical (unpaired) electrons. The van der Waals surface area contributed by atoms with E-state index in [1.165, 1.54) is 0 Å². The van der Waals surface area contributed by atoms with Crippen molar-refractivity contribution in [2.45, 2.75) is 39.3 Å². The number of pyridine rings is 1. The van der Waals surface area contributed by atoms with Crippen LogP contribution in [0.5, 0.6) is 5.75 Å². The molecule has 3 aromatic rings. The van der Waals surface area contributed by atoms with Gasteiger partial charge in [0.25, 0.3) is 0 Å². The van der Waals surface area contributed by atoms with Gasteiger partial charge in [-0.2, -0.15) is 9.97 Å². The number of phenols is 1. The molecule has 1 aromatic carbocycles. The van der Waals surface area contributed by atoms with Crippen LogP contribution in [0.3, 0.4) is 0 Å². The Labute approximate surface area is 164 Å². The number of aromatic hydroxyl groups is 1. The molecule has 0 spiro atoms. The second-order valence-corrected chi connectivity index (χ2v) is 7.54. The molecule has 2 aromatic heterocycles. The number of rotatable bonds is 4. The van der Waals surface area contributed by atoms with E-state index in [1.807, 2.05) is 38.1 Å². The number of anilines is 2.